The summed E-state index contributed by atoms with van der Waals surface area (Å²) in [4.78, 5) is 12.1. The van der Waals surface area contributed by atoms with Gasteiger partial charge in [0, 0.05) is 6.54 Å². The molecule has 0 spiro atoms. The molecular weight excluding hydrogens is 326 g/mol. The largest absolute Gasteiger partial charge is 0.484 e. The molecule has 0 saturated carbocycles. The van der Waals surface area contributed by atoms with Crippen LogP contribution in [-0.2, 0) is 35.5 Å². The Hall–Kier alpha value is -2.33. The smallest absolute Gasteiger partial charge is 0.258 e. The molecule has 26 heavy (non-hydrogen) atoms. The van der Waals surface area contributed by atoms with Crippen molar-refractivity contribution in [2.24, 2.45) is 0 Å². The third kappa shape index (κ3) is 5.33. The maximum absolute atomic E-state index is 12.1. The molecule has 138 valence electrons. The van der Waals surface area contributed by atoms with Gasteiger partial charge in [0.15, 0.2) is 6.61 Å². The van der Waals surface area contributed by atoms with Crippen molar-refractivity contribution in [1.82, 2.24) is 5.32 Å². The predicted octanol–water partition coefficient (Wildman–Crippen LogP) is 3.80. The van der Waals surface area contributed by atoms with Crippen LogP contribution >= 0.6 is 0 Å². The second-order valence-corrected chi connectivity index (χ2v) is 7.03. The Morgan fingerprint density at radius 2 is 1.88 bits per heavy atom. The van der Waals surface area contributed by atoms with E-state index in [2.05, 4.69) is 23.5 Å². The average Bonchev–Trinajstić information content (AvgIpc) is 3.11. The summed E-state index contributed by atoms with van der Waals surface area (Å²) in [6, 6.07) is 14.2. The highest BCUT2D eigenvalue weighted by Gasteiger charge is 2.12. The SMILES string of the molecule is CC(C)OCc1cccc(CNC(=O)COc2ccc3c(c2)CCC3)c1. The minimum Gasteiger partial charge on any atom is -0.484 e. The van der Waals surface area contributed by atoms with Crippen LogP contribution in [0.2, 0.25) is 0 Å². The zero-order valence-electron chi connectivity index (χ0n) is 15.6. The predicted molar refractivity (Wildman–Crippen MR) is 102 cm³/mol. The molecule has 2 aromatic rings. The summed E-state index contributed by atoms with van der Waals surface area (Å²) < 4.78 is 11.3. The summed E-state index contributed by atoms with van der Waals surface area (Å²) in [5.74, 6) is 0.656. The first-order chi connectivity index (χ1) is 12.6. The molecule has 1 amide bonds. The molecule has 0 atom stereocenters. The van der Waals surface area contributed by atoms with E-state index >= 15 is 0 Å². The van der Waals surface area contributed by atoms with Gasteiger partial charge in [-0.2, -0.15) is 0 Å². The van der Waals surface area contributed by atoms with Crippen molar-refractivity contribution in [2.75, 3.05) is 6.61 Å². The molecule has 1 N–H and O–H groups in total. The minimum absolute atomic E-state index is 0.0366. The monoisotopic (exact) mass is 353 g/mol. The fraction of sp³-hybridized carbons (Fsp3) is 0.409. The van der Waals surface area contributed by atoms with E-state index in [1.165, 1.54) is 17.5 Å². The molecule has 0 radical (unpaired) electrons. The van der Waals surface area contributed by atoms with E-state index in [0.717, 1.165) is 29.7 Å². The molecular formula is C22H27NO3. The van der Waals surface area contributed by atoms with Gasteiger partial charge in [-0.3, -0.25) is 4.79 Å². The normalized spacial score (nSPS) is 12.9. The van der Waals surface area contributed by atoms with Gasteiger partial charge in [-0.05, 0) is 67.5 Å². The Morgan fingerprint density at radius 1 is 1.08 bits per heavy atom. The van der Waals surface area contributed by atoms with Gasteiger partial charge in [0.25, 0.3) is 5.91 Å². The first kappa shape index (κ1) is 18.5. The van der Waals surface area contributed by atoms with Crippen LogP contribution < -0.4 is 10.1 Å². The van der Waals surface area contributed by atoms with Crippen LogP contribution in [0.4, 0.5) is 0 Å². The molecule has 1 aliphatic rings. The maximum atomic E-state index is 12.1. The van der Waals surface area contributed by atoms with E-state index in [9.17, 15) is 4.79 Å². The summed E-state index contributed by atoms with van der Waals surface area (Å²) in [5, 5.41) is 2.91. The van der Waals surface area contributed by atoms with E-state index in [0.29, 0.717) is 13.2 Å². The Labute approximate surface area is 155 Å². The van der Waals surface area contributed by atoms with Crippen molar-refractivity contribution in [3.63, 3.8) is 0 Å². The minimum atomic E-state index is -0.116. The number of carbonyl (C=O) groups is 1. The van der Waals surface area contributed by atoms with E-state index in [-0.39, 0.29) is 18.6 Å². The molecule has 3 rings (SSSR count). The lowest BCUT2D eigenvalue weighted by Gasteiger charge is -2.11. The molecule has 0 aromatic heterocycles. The topological polar surface area (TPSA) is 47.6 Å². The molecule has 2 aromatic carbocycles. The number of nitrogens with one attached hydrogen (secondary N) is 1. The quantitative estimate of drug-likeness (QED) is 0.785. The number of carbonyl (C=O) groups excluding carboxylic acids is 1. The zero-order chi connectivity index (χ0) is 18.4. The van der Waals surface area contributed by atoms with Crippen molar-refractivity contribution < 1.29 is 14.3 Å². The summed E-state index contributed by atoms with van der Waals surface area (Å²) in [6.45, 7) is 5.15. The fourth-order valence-electron chi connectivity index (χ4n) is 3.13. The van der Waals surface area contributed by atoms with Crippen LogP contribution in [0.3, 0.4) is 0 Å². The van der Waals surface area contributed by atoms with Gasteiger partial charge in [0.1, 0.15) is 5.75 Å². The summed E-state index contributed by atoms with van der Waals surface area (Å²) in [6.07, 6.45) is 3.67. The number of benzene rings is 2. The second kappa shape index (κ2) is 8.86. The van der Waals surface area contributed by atoms with E-state index in [1.54, 1.807) is 0 Å². The molecule has 4 heteroatoms. The van der Waals surface area contributed by atoms with Gasteiger partial charge in [0.05, 0.1) is 12.7 Å². The Balaban J connectivity index is 1.44. The van der Waals surface area contributed by atoms with Crippen LogP contribution in [0.25, 0.3) is 0 Å². The number of fused-ring (bicyclic) bond motifs is 1. The van der Waals surface area contributed by atoms with Crippen LogP contribution in [0.1, 0.15) is 42.5 Å². The fourth-order valence-corrected chi connectivity index (χ4v) is 3.13. The first-order valence-corrected chi connectivity index (χ1v) is 9.31. The Bertz CT molecular complexity index is 755. The van der Waals surface area contributed by atoms with Crippen LogP contribution in [0.15, 0.2) is 42.5 Å². The van der Waals surface area contributed by atoms with Crippen LogP contribution in [-0.4, -0.2) is 18.6 Å². The van der Waals surface area contributed by atoms with E-state index < -0.39 is 0 Å². The lowest BCUT2D eigenvalue weighted by molar-refractivity contribution is -0.123. The molecule has 0 unspecified atom stereocenters. The Morgan fingerprint density at radius 3 is 2.73 bits per heavy atom. The highest BCUT2D eigenvalue weighted by atomic mass is 16.5. The van der Waals surface area contributed by atoms with Gasteiger partial charge >= 0.3 is 0 Å². The average molecular weight is 353 g/mol. The van der Waals surface area contributed by atoms with Crippen molar-refractivity contribution in [2.45, 2.75) is 52.4 Å². The van der Waals surface area contributed by atoms with Gasteiger partial charge in [-0.15, -0.1) is 0 Å². The molecule has 0 aliphatic heterocycles. The second-order valence-electron chi connectivity index (χ2n) is 7.03. The standard InChI is InChI=1S/C22H27NO3/c1-16(2)25-14-18-6-3-5-17(11-18)13-23-22(24)15-26-21-10-9-19-7-4-8-20(19)12-21/h3,5-6,9-12,16H,4,7-8,13-15H2,1-2H3,(H,23,24). The van der Waals surface area contributed by atoms with Crippen molar-refractivity contribution >= 4 is 5.91 Å². The summed E-state index contributed by atoms with van der Waals surface area (Å²) in [7, 11) is 0. The number of rotatable bonds is 8. The first-order valence-electron chi connectivity index (χ1n) is 9.31. The van der Waals surface area contributed by atoms with Gasteiger partial charge in [0.2, 0.25) is 0 Å². The van der Waals surface area contributed by atoms with Crippen molar-refractivity contribution in [3.05, 3.63) is 64.7 Å². The maximum Gasteiger partial charge on any atom is 0.258 e. The number of hydrogen-bond donors (Lipinski definition) is 1. The number of hydrogen-bond acceptors (Lipinski definition) is 3. The van der Waals surface area contributed by atoms with Gasteiger partial charge in [-0.1, -0.05) is 30.3 Å². The number of aryl methyl sites for hydroxylation is 2. The third-order valence-electron chi connectivity index (χ3n) is 4.50. The summed E-state index contributed by atoms with van der Waals surface area (Å²) in [5.41, 5.74) is 4.92. The molecule has 0 saturated heterocycles. The van der Waals surface area contributed by atoms with Gasteiger partial charge in [-0.25, -0.2) is 0 Å². The highest BCUT2D eigenvalue weighted by molar-refractivity contribution is 5.77. The lowest BCUT2D eigenvalue weighted by atomic mass is 10.1. The molecule has 0 heterocycles. The molecule has 4 nitrogen and oxygen atoms in total. The number of ether oxygens (including phenoxy) is 2. The lowest BCUT2D eigenvalue weighted by Crippen LogP contribution is -2.28. The van der Waals surface area contributed by atoms with Gasteiger partial charge < -0.3 is 14.8 Å². The molecule has 0 bridgehead atoms. The zero-order valence-corrected chi connectivity index (χ0v) is 15.6. The number of amides is 1. The van der Waals surface area contributed by atoms with E-state index in [1.807, 2.05) is 38.1 Å². The summed E-state index contributed by atoms with van der Waals surface area (Å²) >= 11 is 0. The van der Waals surface area contributed by atoms with Crippen molar-refractivity contribution in [3.8, 4) is 5.75 Å². The third-order valence-corrected chi connectivity index (χ3v) is 4.50. The molecule has 0 fully saturated rings. The van der Waals surface area contributed by atoms with Crippen LogP contribution in [0.5, 0.6) is 5.75 Å². The Kier molecular flexibility index (Phi) is 6.29. The van der Waals surface area contributed by atoms with E-state index in [4.69, 9.17) is 9.47 Å². The molecule has 1 aliphatic carbocycles. The highest BCUT2D eigenvalue weighted by Crippen LogP contribution is 2.25. The van der Waals surface area contributed by atoms with Crippen LogP contribution in [0, 0.1) is 0 Å². The van der Waals surface area contributed by atoms with Crippen molar-refractivity contribution in [1.29, 1.82) is 0 Å².